The molecule has 0 aromatic heterocycles. The van der Waals surface area contributed by atoms with Crippen LogP contribution in [0.5, 0.6) is 0 Å². The molecule has 1 aromatic carbocycles. The van der Waals surface area contributed by atoms with Crippen LogP contribution in [0.25, 0.3) is 0 Å². The van der Waals surface area contributed by atoms with Crippen LogP contribution < -0.4 is 10.6 Å². The van der Waals surface area contributed by atoms with Crippen LogP contribution in [0.3, 0.4) is 0 Å². The quantitative estimate of drug-likeness (QED) is 0.184. The van der Waals surface area contributed by atoms with E-state index in [0.29, 0.717) is 6.42 Å². The number of nitrogens with zero attached hydrogens (tertiary/aromatic N) is 2. The summed E-state index contributed by atoms with van der Waals surface area (Å²) in [5.74, 6) is -2.21. The number of ether oxygens (including phenoxy) is 3. The second-order valence-electron chi connectivity index (χ2n) is 16.1. The number of amides is 3. The van der Waals surface area contributed by atoms with Crippen LogP contribution in [0.2, 0.25) is 0 Å². The molecular formula is C39H58N4O8S. The lowest BCUT2D eigenvalue weighted by Crippen LogP contribution is -2.48. The van der Waals surface area contributed by atoms with Crippen LogP contribution in [0.1, 0.15) is 91.4 Å². The highest BCUT2D eigenvalue weighted by Gasteiger charge is 2.48. The van der Waals surface area contributed by atoms with Gasteiger partial charge in [-0.25, -0.2) is 4.79 Å². The number of cyclic esters (lactones) is 2. The van der Waals surface area contributed by atoms with Crippen molar-refractivity contribution in [3.05, 3.63) is 47.5 Å². The van der Waals surface area contributed by atoms with Crippen LogP contribution in [0.4, 0.5) is 0 Å². The van der Waals surface area contributed by atoms with E-state index in [1.165, 1.54) is 11.6 Å². The lowest BCUT2D eigenvalue weighted by molar-refractivity contribution is -0.179. The predicted molar refractivity (Wildman–Crippen MR) is 200 cm³/mol. The Kier molecular flexibility index (Phi) is 14.4. The lowest BCUT2D eigenvalue weighted by Gasteiger charge is -2.35. The van der Waals surface area contributed by atoms with Gasteiger partial charge in [0.05, 0.1) is 18.1 Å². The van der Waals surface area contributed by atoms with Crippen molar-refractivity contribution >= 4 is 42.3 Å². The topological polar surface area (TPSA) is 147 Å². The number of rotatable bonds is 10. The zero-order valence-corrected chi connectivity index (χ0v) is 32.7. The summed E-state index contributed by atoms with van der Waals surface area (Å²) < 4.78 is 17.8. The number of piperazine rings is 1. The Morgan fingerprint density at radius 2 is 1.67 bits per heavy atom. The van der Waals surface area contributed by atoms with Crippen molar-refractivity contribution in [2.75, 3.05) is 39.3 Å². The third-order valence-electron chi connectivity index (χ3n) is 9.83. The van der Waals surface area contributed by atoms with E-state index in [1.54, 1.807) is 19.9 Å². The van der Waals surface area contributed by atoms with E-state index >= 15 is 0 Å². The van der Waals surface area contributed by atoms with Gasteiger partial charge in [0.2, 0.25) is 17.7 Å². The second-order valence-corrected chi connectivity index (χ2v) is 17.3. The fraction of sp³-hybridized carbons (Fsp3) is 0.667. The van der Waals surface area contributed by atoms with E-state index in [9.17, 15) is 24.0 Å². The minimum absolute atomic E-state index is 0.0317. The van der Waals surface area contributed by atoms with Crippen molar-refractivity contribution in [3.63, 3.8) is 0 Å². The monoisotopic (exact) mass is 742 g/mol. The summed E-state index contributed by atoms with van der Waals surface area (Å²) in [6.07, 6.45) is 2.49. The van der Waals surface area contributed by atoms with Crippen molar-refractivity contribution in [1.29, 1.82) is 0 Å². The number of hydrogen-bond donors (Lipinski definition) is 3. The molecule has 2 fully saturated rings. The normalized spacial score (nSPS) is 26.5. The predicted octanol–water partition coefficient (Wildman–Crippen LogP) is 3.98. The first-order valence-corrected chi connectivity index (χ1v) is 19.0. The van der Waals surface area contributed by atoms with E-state index in [2.05, 4.69) is 52.4 Å². The summed E-state index contributed by atoms with van der Waals surface area (Å²) in [7, 11) is 0. The van der Waals surface area contributed by atoms with Crippen molar-refractivity contribution in [1.82, 2.24) is 20.4 Å². The molecule has 2 saturated heterocycles. The van der Waals surface area contributed by atoms with Crippen molar-refractivity contribution in [3.8, 4) is 0 Å². The number of carbonyl (C=O) groups is 5. The van der Waals surface area contributed by atoms with E-state index in [-0.39, 0.29) is 60.6 Å². The molecule has 1 unspecified atom stereocenters. The molecule has 0 radical (unpaired) electrons. The molecule has 5 atom stereocenters. The van der Waals surface area contributed by atoms with E-state index in [1.807, 2.05) is 39.5 Å². The fourth-order valence-electron chi connectivity index (χ4n) is 6.29. The summed E-state index contributed by atoms with van der Waals surface area (Å²) in [4.78, 5) is 68.5. The molecule has 0 aliphatic carbocycles. The van der Waals surface area contributed by atoms with Gasteiger partial charge in [-0.3, -0.25) is 24.1 Å². The molecule has 3 aliphatic rings. The largest absolute Gasteiger partial charge is 0.459 e. The number of thiol groups is 1. The molecule has 3 aliphatic heterocycles. The van der Waals surface area contributed by atoms with Gasteiger partial charge in [0.15, 0.2) is 6.10 Å². The molecule has 12 nitrogen and oxygen atoms in total. The fourth-order valence-corrected chi connectivity index (χ4v) is 6.41. The number of carbonyl (C=O) groups excluding carboxylic acids is 5. The molecule has 52 heavy (non-hydrogen) atoms. The first kappa shape index (κ1) is 41.3. The minimum Gasteiger partial charge on any atom is -0.459 e. The van der Waals surface area contributed by atoms with Gasteiger partial charge in [-0.1, -0.05) is 65.0 Å². The number of esters is 2. The second kappa shape index (κ2) is 18.1. The molecule has 2 N–H and O–H groups in total. The van der Waals surface area contributed by atoms with Crippen molar-refractivity contribution < 1.29 is 38.2 Å². The number of nitrogens with one attached hydrogen (secondary N) is 2. The Bertz CT molecular complexity index is 1450. The van der Waals surface area contributed by atoms with Crippen LogP contribution in [-0.4, -0.2) is 102 Å². The number of benzene rings is 1. The van der Waals surface area contributed by atoms with Gasteiger partial charge in [0.25, 0.3) is 0 Å². The maximum absolute atomic E-state index is 13.6. The van der Waals surface area contributed by atoms with Crippen molar-refractivity contribution in [2.24, 2.45) is 17.3 Å². The summed E-state index contributed by atoms with van der Waals surface area (Å²) >= 11 is 4.54. The van der Waals surface area contributed by atoms with E-state index in [4.69, 9.17) is 14.2 Å². The van der Waals surface area contributed by atoms with Crippen LogP contribution in [0, 0.1) is 17.3 Å². The highest BCUT2D eigenvalue weighted by molar-refractivity contribution is 7.81. The van der Waals surface area contributed by atoms with Gasteiger partial charge in [-0.2, -0.15) is 12.6 Å². The third kappa shape index (κ3) is 12.6. The Morgan fingerprint density at radius 3 is 2.31 bits per heavy atom. The zero-order chi connectivity index (χ0) is 38.2. The standard InChI is InChI=1S/C39H58N4O8S/c1-25(2)21-30-36(47)49-29(9-8-10-31(44)40-22-32(45)41-24-38(4,5)37(48)50-30)26(3)34-35(51-34)28-13-11-27(12-14-28)23-42-17-19-43(20-18-42)33(46)15-16-39(6,7)52/h8,10-14,25-26,29-30,34-35,52H,9,15-24H2,1-7H3,(H,40,44)(H,41,45)/b10-8+/t26-,29-,30-,34+,35?/m0/s1. The van der Waals surface area contributed by atoms with Gasteiger partial charge in [-0.05, 0) is 49.8 Å². The first-order chi connectivity index (χ1) is 24.4. The Morgan fingerprint density at radius 1 is 1.00 bits per heavy atom. The Balaban J connectivity index is 1.38. The highest BCUT2D eigenvalue weighted by Crippen LogP contribution is 2.45. The SMILES string of the molecule is CC(C)C[C@@H]1OC(=O)C(C)(C)CNC(=O)CNC(=O)/C=C/C[C@@H]([C@H](C)[C@H]2OC2c2ccc(CN3CCN(C(=O)CCC(C)(C)S)CC3)cc2)OC1=O. The maximum atomic E-state index is 13.6. The van der Waals surface area contributed by atoms with Crippen LogP contribution in [-0.2, 0) is 44.7 Å². The molecule has 3 heterocycles. The van der Waals surface area contributed by atoms with Crippen LogP contribution >= 0.6 is 12.6 Å². The molecular weight excluding hydrogens is 685 g/mol. The molecule has 13 heteroatoms. The third-order valence-corrected chi connectivity index (χ3v) is 10.0. The van der Waals surface area contributed by atoms with Gasteiger partial charge in [0, 0.05) is 62.8 Å². The van der Waals surface area contributed by atoms with Gasteiger partial charge in [0.1, 0.15) is 12.2 Å². The number of epoxide rings is 1. The van der Waals surface area contributed by atoms with Crippen molar-refractivity contribution in [2.45, 2.75) is 110 Å². The average Bonchev–Trinajstić information content (AvgIpc) is 3.88. The molecule has 288 valence electrons. The molecule has 0 bridgehead atoms. The maximum Gasteiger partial charge on any atom is 0.347 e. The van der Waals surface area contributed by atoms with Gasteiger partial charge < -0.3 is 29.7 Å². The molecule has 3 amide bonds. The van der Waals surface area contributed by atoms with Gasteiger partial charge in [-0.15, -0.1) is 0 Å². The van der Waals surface area contributed by atoms with Crippen LogP contribution in [0.15, 0.2) is 36.4 Å². The van der Waals surface area contributed by atoms with E-state index < -0.39 is 41.4 Å². The Labute approximate surface area is 314 Å². The molecule has 1 aromatic rings. The molecule has 4 rings (SSSR count). The first-order valence-electron chi connectivity index (χ1n) is 18.5. The zero-order valence-electron chi connectivity index (χ0n) is 31.8. The van der Waals surface area contributed by atoms with Gasteiger partial charge >= 0.3 is 11.9 Å². The summed E-state index contributed by atoms with van der Waals surface area (Å²) in [6.45, 7) is 16.7. The molecule has 0 spiro atoms. The lowest BCUT2D eigenvalue weighted by atomic mass is 9.93. The summed E-state index contributed by atoms with van der Waals surface area (Å²) in [6, 6.07) is 8.34. The summed E-state index contributed by atoms with van der Waals surface area (Å²) in [5, 5.41) is 5.18. The molecule has 0 saturated carbocycles. The van der Waals surface area contributed by atoms with E-state index in [0.717, 1.165) is 44.7 Å². The smallest absolute Gasteiger partial charge is 0.347 e. The highest BCUT2D eigenvalue weighted by atomic mass is 32.1. The minimum atomic E-state index is -1.13. The Hall–Kier alpha value is -3.42. The number of hydrogen-bond acceptors (Lipinski definition) is 10. The summed E-state index contributed by atoms with van der Waals surface area (Å²) in [5.41, 5.74) is 1.07. The average molecular weight is 743 g/mol.